The Labute approximate surface area is 167 Å². The van der Waals surface area contributed by atoms with Gasteiger partial charge in [-0.05, 0) is 24.1 Å². The summed E-state index contributed by atoms with van der Waals surface area (Å²) in [6, 6.07) is 18.5. The van der Waals surface area contributed by atoms with E-state index in [0.29, 0.717) is 19.5 Å². The molecular weight excluding hydrogens is 348 g/mol. The zero-order valence-electron chi connectivity index (χ0n) is 17.0. The fraction of sp³-hybridized carbons (Fsp3) is 0.391. The Kier molecular flexibility index (Phi) is 6.34. The second-order valence-corrected chi connectivity index (χ2v) is 7.86. The van der Waals surface area contributed by atoms with Crippen LogP contribution in [0.5, 0.6) is 0 Å². The number of anilines is 1. The van der Waals surface area contributed by atoms with Crippen LogP contribution in [0.4, 0.5) is 5.69 Å². The van der Waals surface area contributed by atoms with E-state index in [9.17, 15) is 4.79 Å². The largest absolute Gasteiger partial charge is 0.357 e. The summed E-state index contributed by atoms with van der Waals surface area (Å²) < 4.78 is 0. The van der Waals surface area contributed by atoms with Crippen molar-refractivity contribution in [2.24, 2.45) is 4.99 Å². The minimum atomic E-state index is -0.0546. The van der Waals surface area contributed by atoms with E-state index in [2.05, 4.69) is 67.1 Å². The van der Waals surface area contributed by atoms with Gasteiger partial charge in [0.05, 0.1) is 6.54 Å². The molecule has 3 rings (SSSR count). The highest BCUT2D eigenvalue weighted by Gasteiger charge is 2.25. The number of carbonyl (C=O) groups is 1. The zero-order chi connectivity index (χ0) is 20.0. The Bertz CT molecular complexity index is 830. The molecule has 1 heterocycles. The van der Waals surface area contributed by atoms with E-state index in [1.807, 2.05) is 24.3 Å². The second kappa shape index (κ2) is 8.91. The molecule has 2 aromatic carbocycles. The molecule has 3 N–H and O–H groups in total. The Morgan fingerprint density at radius 3 is 2.57 bits per heavy atom. The maximum absolute atomic E-state index is 12.0. The van der Waals surface area contributed by atoms with Gasteiger partial charge in [-0.1, -0.05) is 62.4 Å². The fourth-order valence-corrected chi connectivity index (χ4v) is 3.50. The minimum Gasteiger partial charge on any atom is -0.357 e. The van der Waals surface area contributed by atoms with E-state index in [-0.39, 0.29) is 17.2 Å². The number of fused-ring (bicyclic) bond motifs is 1. The van der Waals surface area contributed by atoms with Crippen LogP contribution >= 0.6 is 0 Å². The van der Waals surface area contributed by atoms with Crippen molar-refractivity contribution in [3.8, 4) is 0 Å². The van der Waals surface area contributed by atoms with E-state index in [1.165, 1.54) is 11.1 Å². The fourth-order valence-electron chi connectivity index (χ4n) is 3.50. The monoisotopic (exact) mass is 378 g/mol. The first-order valence-corrected chi connectivity index (χ1v) is 9.96. The number of para-hydroxylation sites is 1. The van der Waals surface area contributed by atoms with Crippen molar-refractivity contribution in [1.29, 1.82) is 0 Å². The second-order valence-electron chi connectivity index (χ2n) is 7.86. The number of hydrogen-bond donors (Lipinski definition) is 3. The minimum absolute atomic E-state index is 0.0546. The van der Waals surface area contributed by atoms with E-state index in [0.717, 1.165) is 18.2 Å². The molecule has 1 aliphatic heterocycles. The maximum atomic E-state index is 12.0. The molecule has 0 radical (unpaired) electrons. The lowest BCUT2D eigenvalue weighted by Crippen LogP contribution is -2.41. The molecule has 0 spiro atoms. The van der Waals surface area contributed by atoms with Gasteiger partial charge < -0.3 is 16.0 Å². The number of guanidine groups is 1. The number of rotatable bonds is 6. The predicted octanol–water partition coefficient (Wildman–Crippen LogP) is 3.65. The molecule has 2 aromatic rings. The molecule has 5 nitrogen and oxygen atoms in total. The van der Waals surface area contributed by atoms with Crippen LogP contribution < -0.4 is 16.0 Å². The number of aliphatic imine (C=N–C) groups is 1. The predicted molar refractivity (Wildman–Crippen MR) is 116 cm³/mol. The lowest BCUT2D eigenvalue weighted by Gasteiger charge is -2.27. The number of hydrogen-bond acceptors (Lipinski definition) is 2. The summed E-state index contributed by atoms with van der Waals surface area (Å²) in [5, 5.41) is 9.71. The van der Waals surface area contributed by atoms with Crippen LogP contribution in [0, 0.1) is 0 Å². The summed E-state index contributed by atoms with van der Waals surface area (Å²) in [5.41, 5.74) is 3.31. The number of amides is 1. The summed E-state index contributed by atoms with van der Waals surface area (Å²) >= 11 is 0. The van der Waals surface area contributed by atoms with Crippen molar-refractivity contribution >= 4 is 17.6 Å². The van der Waals surface area contributed by atoms with E-state index in [4.69, 9.17) is 4.99 Å². The zero-order valence-corrected chi connectivity index (χ0v) is 17.0. The van der Waals surface area contributed by atoms with E-state index >= 15 is 0 Å². The number of benzene rings is 2. The maximum Gasteiger partial charge on any atom is 0.225 e. The lowest BCUT2D eigenvalue weighted by atomic mass is 9.85. The van der Waals surface area contributed by atoms with Crippen LogP contribution in [-0.2, 0) is 10.2 Å². The van der Waals surface area contributed by atoms with Crippen LogP contribution in [-0.4, -0.2) is 31.5 Å². The third-order valence-corrected chi connectivity index (χ3v) is 5.15. The molecule has 1 atom stereocenters. The summed E-state index contributed by atoms with van der Waals surface area (Å²) in [4.78, 5) is 16.9. The molecule has 5 heteroatoms. The number of nitrogens with zero attached hydrogens (tertiary/aromatic N) is 1. The van der Waals surface area contributed by atoms with Crippen molar-refractivity contribution in [2.75, 3.05) is 25.0 Å². The molecule has 1 amide bonds. The SMILES string of the molecule is CCNC(=NCC(C)(C)c1ccccc1)NCC1CC(=O)Nc2ccccc21. The first-order valence-electron chi connectivity index (χ1n) is 9.96. The van der Waals surface area contributed by atoms with E-state index in [1.54, 1.807) is 0 Å². The first-order chi connectivity index (χ1) is 13.5. The summed E-state index contributed by atoms with van der Waals surface area (Å²) in [7, 11) is 0. The topological polar surface area (TPSA) is 65.5 Å². The molecule has 1 unspecified atom stereocenters. The van der Waals surface area contributed by atoms with Gasteiger partial charge >= 0.3 is 0 Å². The Morgan fingerprint density at radius 1 is 1.11 bits per heavy atom. The van der Waals surface area contributed by atoms with Crippen LogP contribution in [0.1, 0.15) is 44.2 Å². The third kappa shape index (κ3) is 4.91. The van der Waals surface area contributed by atoms with E-state index < -0.39 is 0 Å². The van der Waals surface area contributed by atoms with Gasteiger partial charge in [0.25, 0.3) is 0 Å². The first kappa shape index (κ1) is 19.9. The summed E-state index contributed by atoms with van der Waals surface area (Å²) in [6.45, 7) is 8.60. The van der Waals surface area contributed by atoms with Crippen molar-refractivity contribution in [2.45, 2.75) is 38.5 Å². The molecule has 148 valence electrons. The van der Waals surface area contributed by atoms with Crippen molar-refractivity contribution in [1.82, 2.24) is 10.6 Å². The van der Waals surface area contributed by atoms with Crippen molar-refractivity contribution in [3.05, 3.63) is 65.7 Å². The van der Waals surface area contributed by atoms with Gasteiger partial charge in [0, 0.05) is 36.5 Å². The molecule has 0 fully saturated rings. The van der Waals surface area contributed by atoms with Crippen LogP contribution in [0.15, 0.2) is 59.6 Å². The molecule has 0 bridgehead atoms. The van der Waals surface area contributed by atoms with Gasteiger partial charge in [-0.25, -0.2) is 0 Å². The molecule has 0 saturated carbocycles. The summed E-state index contributed by atoms with van der Waals surface area (Å²) in [5.74, 6) is 0.989. The Balaban J connectivity index is 1.68. The summed E-state index contributed by atoms with van der Waals surface area (Å²) in [6.07, 6.45) is 0.485. The lowest BCUT2D eigenvalue weighted by molar-refractivity contribution is -0.116. The normalized spacial score (nSPS) is 16.9. The van der Waals surface area contributed by atoms with Gasteiger partial charge in [-0.3, -0.25) is 9.79 Å². The number of carbonyl (C=O) groups excluding carboxylic acids is 1. The van der Waals surface area contributed by atoms with Gasteiger partial charge in [-0.2, -0.15) is 0 Å². The third-order valence-electron chi connectivity index (χ3n) is 5.15. The van der Waals surface area contributed by atoms with Crippen molar-refractivity contribution in [3.63, 3.8) is 0 Å². The van der Waals surface area contributed by atoms with Gasteiger partial charge in [-0.15, -0.1) is 0 Å². The smallest absolute Gasteiger partial charge is 0.225 e. The van der Waals surface area contributed by atoms with Crippen LogP contribution in [0.2, 0.25) is 0 Å². The number of nitrogens with one attached hydrogen (secondary N) is 3. The van der Waals surface area contributed by atoms with Crippen LogP contribution in [0.3, 0.4) is 0 Å². The van der Waals surface area contributed by atoms with Gasteiger partial charge in [0.1, 0.15) is 0 Å². The highest BCUT2D eigenvalue weighted by atomic mass is 16.1. The average molecular weight is 379 g/mol. The van der Waals surface area contributed by atoms with Crippen LogP contribution in [0.25, 0.3) is 0 Å². The standard InChI is InChI=1S/C23H30N4O/c1-4-24-22(26-16-23(2,3)18-10-6-5-7-11-18)25-15-17-14-21(28)27-20-13-9-8-12-19(17)20/h5-13,17H,4,14-16H2,1-3H3,(H,27,28)(H2,24,25,26). The van der Waals surface area contributed by atoms with Gasteiger partial charge in [0.2, 0.25) is 5.91 Å². The molecular formula is C23H30N4O. The molecule has 1 aliphatic rings. The molecule has 0 aliphatic carbocycles. The van der Waals surface area contributed by atoms with Gasteiger partial charge in [0.15, 0.2) is 5.96 Å². The molecule has 0 aromatic heterocycles. The molecule has 28 heavy (non-hydrogen) atoms. The quantitative estimate of drug-likeness (QED) is 0.531. The Hall–Kier alpha value is -2.82. The Morgan fingerprint density at radius 2 is 1.82 bits per heavy atom. The molecule has 0 saturated heterocycles. The highest BCUT2D eigenvalue weighted by molar-refractivity contribution is 5.94. The highest BCUT2D eigenvalue weighted by Crippen LogP contribution is 2.31. The average Bonchev–Trinajstić information content (AvgIpc) is 2.70. The van der Waals surface area contributed by atoms with Crippen molar-refractivity contribution < 1.29 is 4.79 Å².